The molecule has 0 amide bonds. The second-order valence-electron chi connectivity index (χ2n) is 5.34. The van der Waals surface area contributed by atoms with Gasteiger partial charge in [0.25, 0.3) is 0 Å². The summed E-state index contributed by atoms with van der Waals surface area (Å²) < 4.78 is 15.9. The first kappa shape index (κ1) is 16.9. The minimum atomic E-state index is -0.0268. The van der Waals surface area contributed by atoms with Gasteiger partial charge >= 0.3 is 0 Å². The van der Waals surface area contributed by atoms with E-state index >= 15 is 0 Å². The highest BCUT2D eigenvalue weighted by molar-refractivity contribution is 5.03. The Hall–Kier alpha value is -0.200. The van der Waals surface area contributed by atoms with Crippen LogP contribution in [-0.2, 0) is 14.2 Å². The third-order valence-electron chi connectivity index (χ3n) is 4.06. The predicted molar refractivity (Wildman–Crippen MR) is 76.3 cm³/mol. The first-order chi connectivity index (χ1) is 9.25. The largest absolute Gasteiger partial charge is 0.385 e. The van der Waals surface area contributed by atoms with Crippen LogP contribution in [-0.4, -0.2) is 71.2 Å². The van der Waals surface area contributed by atoms with Gasteiger partial charge in [0, 0.05) is 47.6 Å². The van der Waals surface area contributed by atoms with Gasteiger partial charge in [-0.25, -0.2) is 0 Å². The zero-order valence-electron chi connectivity index (χ0n) is 12.7. The lowest BCUT2D eigenvalue weighted by molar-refractivity contribution is -0.0162. The van der Waals surface area contributed by atoms with Gasteiger partial charge in [-0.05, 0) is 25.2 Å². The van der Waals surface area contributed by atoms with Gasteiger partial charge in [0.05, 0.1) is 18.8 Å². The molecule has 0 bridgehead atoms. The molecule has 0 spiro atoms. The number of methoxy groups -OCH3 is 3. The van der Waals surface area contributed by atoms with Crippen LogP contribution >= 0.6 is 0 Å². The van der Waals surface area contributed by atoms with Gasteiger partial charge in [0.1, 0.15) is 0 Å². The molecule has 1 fully saturated rings. The van der Waals surface area contributed by atoms with Crippen molar-refractivity contribution in [1.82, 2.24) is 4.90 Å². The van der Waals surface area contributed by atoms with Crippen LogP contribution in [0.5, 0.6) is 0 Å². The molecule has 19 heavy (non-hydrogen) atoms. The highest BCUT2D eigenvalue weighted by Crippen LogP contribution is 2.43. The van der Waals surface area contributed by atoms with Crippen LogP contribution in [0, 0.1) is 5.92 Å². The van der Waals surface area contributed by atoms with E-state index in [2.05, 4.69) is 4.90 Å². The Labute approximate surface area is 117 Å². The highest BCUT2D eigenvalue weighted by atomic mass is 16.5. The number of nitrogens with two attached hydrogens (primary N) is 1. The van der Waals surface area contributed by atoms with E-state index in [-0.39, 0.29) is 5.54 Å². The van der Waals surface area contributed by atoms with Crippen molar-refractivity contribution in [1.29, 1.82) is 0 Å². The van der Waals surface area contributed by atoms with Crippen molar-refractivity contribution in [3.8, 4) is 0 Å². The first-order valence-electron chi connectivity index (χ1n) is 7.17. The molecule has 5 nitrogen and oxygen atoms in total. The average molecular weight is 274 g/mol. The van der Waals surface area contributed by atoms with E-state index in [1.807, 2.05) is 0 Å². The molecule has 1 unspecified atom stereocenters. The minimum Gasteiger partial charge on any atom is -0.385 e. The second-order valence-corrected chi connectivity index (χ2v) is 5.34. The summed E-state index contributed by atoms with van der Waals surface area (Å²) in [5.74, 6) is 0.664. The number of rotatable bonds is 12. The average Bonchev–Trinajstić information content (AvgIpc) is 3.25. The summed E-state index contributed by atoms with van der Waals surface area (Å²) in [5, 5.41) is 0. The first-order valence-corrected chi connectivity index (χ1v) is 7.17. The summed E-state index contributed by atoms with van der Waals surface area (Å²) in [5.41, 5.74) is 6.09. The quantitative estimate of drug-likeness (QED) is 0.532. The van der Waals surface area contributed by atoms with Crippen molar-refractivity contribution in [2.24, 2.45) is 11.7 Å². The summed E-state index contributed by atoms with van der Waals surface area (Å²) in [6, 6.07) is 0. The molecule has 0 aliphatic heterocycles. The zero-order chi connectivity index (χ0) is 14.1. The van der Waals surface area contributed by atoms with Crippen LogP contribution in [0.2, 0.25) is 0 Å². The molecule has 1 aliphatic rings. The Morgan fingerprint density at radius 3 is 2.21 bits per heavy atom. The molecular weight excluding hydrogens is 244 g/mol. The summed E-state index contributed by atoms with van der Waals surface area (Å²) in [4.78, 5) is 2.46. The molecule has 1 rings (SSSR count). The minimum absolute atomic E-state index is 0.0268. The molecule has 114 valence electrons. The third-order valence-corrected chi connectivity index (χ3v) is 4.06. The lowest BCUT2D eigenvalue weighted by Gasteiger charge is -2.43. The molecule has 0 aromatic heterocycles. The molecule has 2 N–H and O–H groups in total. The molecule has 0 heterocycles. The van der Waals surface area contributed by atoms with Crippen molar-refractivity contribution >= 4 is 0 Å². The van der Waals surface area contributed by atoms with E-state index in [9.17, 15) is 0 Å². The summed E-state index contributed by atoms with van der Waals surface area (Å²) in [7, 11) is 5.24. The van der Waals surface area contributed by atoms with Gasteiger partial charge in [0.2, 0.25) is 0 Å². The molecule has 0 aromatic carbocycles. The Morgan fingerprint density at radius 2 is 1.74 bits per heavy atom. The standard InChI is InChI=1S/C14H30N2O3/c1-17-9-4-7-16(8-10-18-2)14(11-15,12-19-3)13-5-6-13/h13H,4-12,15H2,1-3H3. The van der Waals surface area contributed by atoms with E-state index in [1.165, 1.54) is 12.8 Å². The second kappa shape index (κ2) is 8.87. The molecule has 1 saturated carbocycles. The van der Waals surface area contributed by atoms with Gasteiger partial charge in [-0.3, -0.25) is 4.90 Å². The van der Waals surface area contributed by atoms with Gasteiger partial charge in [0.15, 0.2) is 0 Å². The molecule has 5 heteroatoms. The van der Waals surface area contributed by atoms with Crippen molar-refractivity contribution < 1.29 is 14.2 Å². The maximum Gasteiger partial charge on any atom is 0.0661 e. The lowest BCUT2D eigenvalue weighted by atomic mass is 9.91. The maximum atomic E-state index is 6.12. The maximum absolute atomic E-state index is 6.12. The Bertz CT molecular complexity index is 237. The SMILES string of the molecule is COCCCN(CCOC)C(CN)(COC)C1CC1. The van der Waals surface area contributed by atoms with Crippen LogP contribution in [0.25, 0.3) is 0 Å². The van der Waals surface area contributed by atoms with Gasteiger partial charge in [-0.2, -0.15) is 0 Å². The van der Waals surface area contributed by atoms with Crippen LogP contribution in [0.1, 0.15) is 19.3 Å². The zero-order valence-corrected chi connectivity index (χ0v) is 12.7. The fourth-order valence-corrected chi connectivity index (χ4v) is 2.85. The van der Waals surface area contributed by atoms with E-state index in [0.29, 0.717) is 19.1 Å². The Kier molecular flexibility index (Phi) is 7.87. The summed E-state index contributed by atoms with van der Waals surface area (Å²) in [6.45, 7) is 4.73. The Balaban J connectivity index is 2.69. The topological polar surface area (TPSA) is 57.0 Å². The number of hydrogen-bond acceptors (Lipinski definition) is 5. The molecule has 0 radical (unpaired) electrons. The smallest absolute Gasteiger partial charge is 0.0661 e. The van der Waals surface area contributed by atoms with Crippen LogP contribution < -0.4 is 5.73 Å². The lowest BCUT2D eigenvalue weighted by Crippen LogP contribution is -2.59. The normalized spacial score (nSPS) is 18.8. The summed E-state index contributed by atoms with van der Waals surface area (Å²) in [6.07, 6.45) is 3.53. The van der Waals surface area contributed by atoms with Crippen LogP contribution in [0.4, 0.5) is 0 Å². The Morgan fingerprint density at radius 1 is 1.05 bits per heavy atom. The van der Waals surface area contributed by atoms with Crippen LogP contribution in [0.3, 0.4) is 0 Å². The molecule has 1 atom stereocenters. The third kappa shape index (κ3) is 4.68. The van der Waals surface area contributed by atoms with Gasteiger partial charge in [-0.1, -0.05) is 0 Å². The van der Waals surface area contributed by atoms with E-state index in [4.69, 9.17) is 19.9 Å². The van der Waals surface area contributed by atoms with Crippen molar-refractivity contribution in [3.05, 3.63) is 0 Å². The number of ether oxygens (including phenoxy) is 3. The van der Waals surface area contributed by atoms with E-state index in [1.54, 1.807) is 21.3 Å². The molecule has 0 aromatic rings. The fourth-order valence-electron chi connectivity index (χ4n) is 2.85. The van der Waals surface area contributed by atoms with Gasteiger partial charge in [-0.15, -0.1) is 0 Å². The predicted octanol–water partition coefficient (Wildman–Crippen LogP) is 0.725. The van der Waals surface area contributed by atoms with Crippen molar-refractivity contribution in [2.75, 3.05) is 60.8 Å². The van der Waals surface area contributed by atoms with Crippen molar-refractivity contribution in [2.45, 2.75) is 24.8 Å². The molecule has 1 aliphatic carbocycles. The number of hydrogen-bond donors (Lipinski definition) is 1. The highest BCUT2D eigenvalue weighted by Gasteiger charge is 2.48. The van der Waals surface area contributed by atoms with Crippen molar-refractivity contribution in [3.63, 3.8) is 0 Å². The van der Waals surface area contributed by atoms with Crippen LogP contribution in [0.15, 0.2) is 0 Å². The van der Waals surface area contributed by atoms with E-state index < -0.39 is 0 Å². The number of nitrogens with zero attached hydrogens (tertiary/aromatic N) is 1. The van der Waals surface area contributed by atoms with E-state index in [0.717, 1.165) is 32.7 Å². The monoisotopic (exact) mass is 274 g/mol. The molecular formula is C14H30N2O3. The fraction of sp³-hybridized carbons (Fsp3) is 1.00. The summed E-state index contributed by atoms with van der Waals surface area (Å²) >= 11 is 0. The molecule has 0 saturated heterocycles. The van der Waals surface area contributed by atoms with Gasteiger partial charge < -0.3 is 19.9 Å².